The molecule has 1 N–H and O–H groups in total. The molecule has 4 aromatic rings. The molecule has 1 heterocycles. The third kappa shape index (κ3) is 4.25. The van der Waals surface area contributed by atoms with Crippen LogP contribution in [0, 0.1) is 6.92 Å². The Morgan fingerprint density at radius 3 is 2.66 bits per heavy atom. The monoisotopic (exact) mass is 406 g/mol. The zero-order valence-electron chi connectivity index (χ0n) is 16.0. The van der Waals surface area contributed by atoms with Gasteiger partial charge in [-0.1, -0.05) is 11.6 Å². The number of carbonyl (C=O) groups is 1. The maximum absolute atomic E-state index is 12.6. The Morgan fingerprint density at radius 1 is 1.10 bits per heavy atom. The van der Waals surface area contributed by atoms with Crippen molar-refractivity contribution in [3.05, 3.63) is 76.8 Å². The van der Waals surface area contributed by atoms with E-state index in [0.717, 1.165) is 22.4 Å². The average molecular weight is 407 g/mol. The first-order chi connectivity index (χ1) is 14.0. The van der Waals surface area contributed by atoms with Crippen molar-refractivity contribution in [2.24, 2.45) is 0 Å². The third-order valence-corrected chi connectivity index (χ3v) is 4.60. The minimum Gasteiger partial charge on any atom is -0.494 e. The molecule has 0 fully saturated rings. The lowest BCUT2D eigenvalue weighted by atomic mass is 10.1. The van der Waals surface area contributed by atoms with E-state index in [9.17, 15) is 4.79 Å². The van der Waals surface area contributed by atoms with Crippen LogP contribution in [0.5, 0.6) is 5.75 Å². The summed E-state index contributed by atoms with van der Waals surface area (Å²) in [7, 11) is 0. The number of fused-ring (bicyclic) bond motifs is 1. The number of ether oxygens (including phenoxy) is 1. The van der Waals surface area contributed by atoms with Crippen LogP contribution in [0.3, 0.4) is 0 Å². The molecule has 4 rings (SSSR count). The molecule has 5 nitrogen and oxygen atoms in total. The molecule has 29 heavy (non-hydrogen) atoms. The molecule has 0 saturated heterocycles. The predicted molar refractivity (Wildman–Crippen MR) is 115 cm³/mol. The van der Waals surface area contributed by atoms with Crippen LogP contribution in [0.4, 0.5) is 5.69 Å². The van der Waals surface area contributed by atoms with E-state index in [2.05, 4.69) is 10.3 Å². The lowest BCUT2D eigenvalue weighted by Gasteiger charge is -2.09. The summed E-state index contributed by atoms with van der Waals surface area (Å²) >= 11 is 6.02. The number of aryl methyl sites for hydroxylation is 1. The van der Waals surface area contributed by atoms with Crippen LogP contribution < -0.4 is 10.1 Å². The molecule has 146 valence electrons. The first-order valence-electron chi connectivity index (χ1n) is 9.24. The molecule has 0 aliphatic rings. The molecule has 0 bridgehead atoms. The number of rotatable bonds is 5. The number of halogens is 1. The fraction of sp³-hybridized carbons (Fsp3) is 0.130. The van der Waals surface area contributed by atoms with Gasteiger partial charge in [0, 0.05) is 27.9 Å². The number of nitrogens with zero attached hydrogens (tertiary/aromatic N) is 1. The number of aromatic nitrogens is 1. The maximum atomic E-state index is 12.6. The second-order valence-corrected chi connectivity index (χ2v) is 7.07. The van der Waals surface area contributed by atoms with Crippen LogP contribution in [0.25, 0.3) is 22.6 Å². The van der Waals surface area contributed by atoms with Crippen molar-refractivity contribution in [3.8, 4) is 17.2 Å². The number of hydrogen-bond donors (Lipinski definition) is 1. The molecule has 6 heteroatoms. The summed E-state index contributed by atoms with van der Waals surface area (Å²) in [6.07, 6.45) is 0. The quantitative estimate of drug-likeness (QED) is 0.434. The average Bonchev–Trinajstić information content (AvgIpc) is 3.11. The summed E-state index contributed by atoms with van der Waals surface area (Å²) in [6, 6.07) is 18.1. The van der Waals surface area contributed by atoms with Crippen molar-refractivity contribution < 1.29 is 13.9 Å². The van der Waals surface area contributed by atoms with Gasteiger partial charge in [0.15, 0.2) is 5.58 Å². The number of anilines is 1. The van der Waals surface area contributed by atoms with Gasteiger partial charge in [0.1, 0.15) is 11.3 Å². The van der Waals surface area contributed by atoms with Crippen molar-refractivity contribution in [3.63, 3.8) is 0 Å². The normalized spacial score (nSPS) is 10.9. The minimum atomic E-state index is -0.200. The van der Waals surface area contributed by atoms with Gasteiger partial charge in [-0.15, -0.1) is 0 Å². The summed E-state index contributed by atoms with van der Waals surface area (Å²) in [4.78, 5) is 17.1. The van der Waals surface area contributed by atoms with Crippen LogP contribution in [0.2, 0.25) is 5.02 Å². The Morgan fingerprint density at radius 2 is 1.90 bits per heavy atom. The van der Waals surface area contributed by atoms with Crippen molar-refractivity contribution >= 4 is 34.3 Å². The molecule has 0 aliphatic carbocycles. The van der Waals surface area contributed by atoms with Crippen molar-refractivity contribution in [2.45, 2.75) is 13.8 Å². The Bertz CT molecular complexity index is 1180. The number of nitrogens with one attached hydrogen (secondary N) is 1. The molecule has 1 amide bonds. The van der Waals surface area contributed by atoms with E-state index < -0.39 is 0 Å². The number of oxazole rings is 1. The Kier molecular flexibility index (Phi) is 5.23. The summed E-state index contributed by atoms with van der Waals surface area (Å²) in [5.74, 6) is 1.01. The predicted octanol–water partition coefficient (Wildman–Crippen LogP) is 6.11. The first-order valence-corrected chi connectivity index (χ1v) is 9.62. The second-order valence-electron chi connectivity index (χ2n) is 6.63. The molecular weight excluding hydrogens is 388 g/mol. The van der Waals surface area contributed by atoms with Crippen LogP contribution >= 0.6 is 11.6 Å². The number of amides is 1. The van der Waals surface area contributed by atoms with E-state index in [0.29, 0.717) is 34.4 Å². The Hall–Kier alpha value is -3.31. The van der Waals surface area contributed by atoms with Crippen LogP contribution in [0.15, 0.2) is 65.1 Å². The van der Waals surface area contributed by atoms with Gasteiger partial charge in [-0.05, 0) is 74.0 Å². The zero-order chi connectivity index (χ0) is 20.4. The highest BCUT2D eigenvalue weighted by Crippen LogP contribution is 2.29. The highest BCUT2D eigenvalue weighted by molar-refractivity contribution is 6.31. The molecule has 0 spiro atoms. The molecule has 3 aromatic carbocycles. The molecule has 0 aliphatic heterocycles. The molecule has 1 aromatic heterocycles. The highest BCUT2D eigenvalue weighted by Gasteiger charge is 2.12. The lowest BCUT2D eigenvalue weighted by molar-refractivity contribution is 0.102. The largest absolute Gasteiger partial charge is 0.494 e. The maximum Gasteiger partial charge on any atom is 0.255 e. The number of hydrogen-bond acceptors (Lipinski definition) is 4. The lowest BCUT2D eigenvalue weighted by Crippen LogP contribution is -2.12. The SMILES string of the molecule is CCOc1ccc(C(=O)Nc2cc(C)cc(-c3nc4ccc(Cl)cc4o3)c2)cc1. The van der Waals surface area contributed by atoms with Crippen LogP contribution in [-0.4, -0.2) is 17.5 Å². The summed E-state index contributed by atoms with van der Waals surface area (Å²) in [5, 5.41) is 3.52. The summed E-state index contributed by atoms with van der Waals surface area (Å²) < 4.78 is 11.3. The topological polar surface area (TPSA) is 64.4 Å². The Labute approximate surface area is 173 Å². The van der Waals surface area contributed by atoms with Crippen molar-refractivity contribution in [2.75, 3.05) is 11.9 Å². The van der Waals surface area contributed by atoms with E-state index in [1.165, 1.54) is 0 Å². The molecule has 0 radical (unpaired) electrons. The zero-order valence-corrected chi connectivity index (χ0v) is 16.8. The van der Waals surface area contributed by atoms with Gasteiger partial charge in [0.2, 0.25) is 5.89 Å². The smallest absolute Gasteiger partial charge is 0.255 e. The molecule has 0 saturated carbocycles. The fourth-order valence-electron chi connectivity index (χ4n) is 3.07. The standard InChI is InChI=1S/C23H19ClN2O3/c1-3-28-19-7-4-15(5-8-19)22(27)25-18-11-14(2)10-16(12-18)23-26-20-9-6-17(24)13-21(20)29-23/h4-13H,3H2,1-2H3,(H,25,27). The van der Waals surface area contributed by atoms with Gasteiger partial charge in [0.25, 0.3) is 5.91 Å². The van der Waals surface area contributed by atoms with Gasteiger partial charge in [0.05, 0.1) is 6.61 Å². The summed E-state index contributed by atoms with van der Waals surface area (Å²) in [5.41, 5.74) is 4.32. The van der Waals surface area contributed by atoms with Crippen LogP contribution in [0.1, 0.15) is 22.8 Å². The Balaban J connectivity index is 1.59. The summed E-state index contributed by atoms with van der Waals surface area (Å²) in [6.45, 7) is 4.45. The number of carbonyl (C=O) groups excluding carboxylic acids is 1. The van der Waals surface area contributed by atoms with E-state index in [1.807, 2.05) is 38.1 Å². The van der Waals surface area contributed by atoms with Gasteiger partial charge in [-0.25, -0.2) is 4.98 Å². The van der Waals surface area contributed by atoms with E-state index in [4.69, 9.17) is 20.8 Å². The third-order valence-electron chi connectivity index (χ3n) is 4.36. The van der Waals surface area contributed by atoms with Gasteiger partial charge in [-0.2, -0.15) is 0 Å². The van der Waals surface area contributed by atoms with Crippen molar-refractivity contribution in [1.82, 2.24) is 4.98 Å². The first kappa shape index (κ1) is 19.0. The minimum absolute atomic E-state index is 0.200. The molecular formula is C23H19ClN2O3. The number of benzene rings is 3. The van der Waals surface area contributed by atoms with Crippen molar-refractivity contribution in [1.29, 1.82) is 0 Å². The van der Waals surface area contributed by atoms with E-state index in [-0.39, 0.29) is 5.91 Å². The van der Waals surface area contributed by atoms with E-state index in [1.54, 1.807) is 36.4 Å². The van der Waals surface area contributed by atoms with Gasteiger partial charge < -0.3 is 14.5 Å². The fourth-order valence-corrected chi connectivity index (χ4v) is 3.24. The van der Waals surface area contributed by atoms with Gasteiger partial charge in [-0.3, -0.25) is 4.79 Å². The molecule has 0 atom stereocenters. The van der Waals surface area contributed by atoms with Crippen LogP contribution in [-0.2, 0) is 0 Å². The van der Waals surface area contributed by atoms with E-state index >= 15 is 0 Å². The second kappa shape index (κ2) is 7.97. The molecule has 0 unspecified atom stereocenters. The van der Waals surface area contributed by atoms with Gasteiger partial charge >= 0.3 is 0 Å². The highest BCUT2D eigenvalue weighted by atomic mass is 35.5.